The number of nitrogens with zero attached hydrogens (tertiary/aromatic N) is 2. The second-order valence-corrected chi connectivity index (χ2v) is 11.0. The van der Waals surface area contributed by atoms with E-state index in [2.05, 4.69) is 20.8 Å². The monoisotopic (exact) mass is 524 g/mol. The van der Waals surface area contributed by atoms with Crippen LogP contribution in [-0.2, 0) is 11.0 Å². The molecule has 0 spiro atoms. The van der Waals surface area contributed by atoms with Crippen LogP contribution in [0.15, 0.2) is 71.7 Å². The summed E-state index contributed by atoms with van der Waals surface area (Å²) in [6, 6.07) is 19.9. The van der Waals surface area contributed by atoms with Gasteiger partial charge in [-0.15, -0.1) is 0 Å². The van der Waals surface area contributed by atoms with Crippen LogP contribution in [-0.4, -0.2) is 28.5 Å². The maximum absolute atomic E-state index is 12.9. The number of aliphatic imine (C=N–C) groups is 1. The van der Waals surface area contributed by atoms with E-state index in [1.807, 2.05) is 56.3 Å². The summed E-state index contributed by atoms with van der Waals surface area (Å²) in [6.07, 6.45) is -1.10. The fourth-order valence-electron chi connectivity index (χ4n) is 4.68. The van der Waals surface area contributed by atoms with Crippen LogP contribution in [0.25, 0.3) is 0 Å². The number of carboxylic acid groups (broad SMARTS) is 1. The standard InChI is InChI=1S/C29H30Cl2N2O3/c1-6-36-24-17-20(28(2,3)4)11-16-23(24)26-32-29(5,19-9-14-22(31)15-10-19)25(33(26)27(34)35)18-7-12-21(30)13-8-18/h7-17,25H,6H2,1-5H3,(H,34,35)/t25-,29+/m1/s1. The van der Waals surface area contributed by atoms with Gasteiger partial charge in [-0.25, -0.2) is 4.79 Å². The van der Waals surface area contributed by atoms with Crippen molar-refractivity contribution in [3.63, 3.8) is 0 Å². The van der Waals surface area contributed by atoms with E-state index >= 15 is 0 Å². The summed E-state index contributed by atoms with van der Waals surface area (Å²) in [7, 11) is 0. The molecule has 0 saturated heterocycles. The lowest BCUT2D eigenvalue weighted by atomic mass is 9.81. The molecule has 0 aromatic heterocycles. The van der Waals surface area contributed by atoms with E-state index in [4.69, 9.17) is 32.9 Å². The Kier molecular flexibility index (Phi) is 7.09. The molecular formula is C29H30Cl2N2O3. The highest BCUT2D eigenvalue weighted by atomic mass is 35.5. The van der Waals surface area contributed by atoms with Crippen molar-refractivity contribution in [1.82, 2.24) is 4.90 Å². The molecule has 0 unspecified atom stereocenters. The van der Waals surface area contributed by atoms with Gasteiger partial charge in [0.15, 0.2) is 0 Å². The number of carbonyl (C=O) groups is 1. The van der Waals surface area contributed by atoms with E-state index in [0.29, 0.717) is 33.8 Å². The van der Waals surface area contributed by atoms with Crippen molar-refractivity contribution in [2.24, 2.45) is 4.99 Å². The van der Waals surface area contributed by atoms with Crippen LogP contribution >= 0.6 is 23.2 Å². The smallest absolute Gasteiger partial charge is 0.413 e. The molecule has 0 aliphatic carbocycles. The molecule has 188 valence electrons. The van der Waals surface area contributed by atoms with Crippen molar-refractivity contribution in [3.05, 3.63) is 99.0 Å². The quantitative estimate of drug-likeness (QED) is 0.366. The molecule has 0 saturated carbocycles. The average molecular weight is 525 g/mol. The Balaban J connectivity index is 1.97. The Labute approximate surface area is 222 Å². The molecule has 2 atom stereocenters. The number of ether oxygens (including phenoxy) is 1. The minimum Gasteiger partial charge on any atom is -0.493 e. The first-order valence-electron chi connectivity index (χ1n) is 11.9. The van der Waals surface area contributed by atoms with Crippen LogP contribution in [0.5, 0.6) is 5.75 Å². The summed E-state index contributed by atoms with van der Waals surface area (Å²) in [5, 5.41) is 11.7. The normalized spacial score (nSPS) is 19.8. The van der Waals surface area contributed by atoms with Crippen molar-refractivity contribution in [3.8, 4) is 5.75 Å². The Morgan fingerprint density at radius 1 is 1.03 bits per heavy atom. The molecule has 1 N–H and O–H groups in total. The van der Waals surface area contributed by atoms with E-state index in [1.54, 1.807) is 24.3 Å². The van der Waals surface area contributed by atoms with Crippen molar-refractivity contribution in [2.75, 3.05) is 6.61 Å². The van der Waals surface area contributed by atoms with E-state index in [0.717, 1.165) is 16.7 Å². The van der Waals surface area contributed by atoms with Crippen LogP contribution < -0.4 is 4.74 Å². The molecule has 0 bridgehead atoms. The number of amides is 1. The molecule has 1 amide bonds. The minimum atomic E-state index is -1.10. The summed E-state index contributed by atoms with van der Waals surface area (Å²) in [6.45, 7) is 10.7. The third-order valence-corrected chi connectivity index (χ3v) is 7.07. The van der Waals surface area contributed by atoms with Crippen molar-refractivity contribution < 1.29 is 14.6 Å². The Morgan fingerprint density at radius 3 is 2.14 bits per heavy atom. The van der Waals surface area contributed by atoms with Gasteiger partial charge in [-0.3, -0.25) is 9.89 Å². The fourth-order valence-corrected chi connectivity index (χ4v) is 4.93. The zero-order valence-electron chi connectivity index (χ0n) is 21.0. The Morgan fingerprint density at radius 2 is 1.61 bits per heavy atom. The number of amidine groups is 1. The van der Waals surface area contributed by atoms with Gasteiger partial charge in [0.25, 0.3) is 0 Å². The van der Waals surface area contributed by atoms with Gasteiger partial charge in [-0.05, 0) is 72.4 Å². The third-order valence-electron chi connectivity index (χ3n) is 6.57. The number of benzene rings is 3. The zero-order valence-corrected chi connectivity index (χ0v) is 22.6. The van der Waals surface area contributed by atoms with Crippen LogP contribution in [0.4, 0.5) is 4.79 Å². The number of rotatable bonds is 5. The van der Waals surface area contributed by atoms with E-state index in [-0.39, 0.29) is 5.41 Å². The molecule has 1 aliphatic heterocycles. The average Bonchev–Trinajstić information content (AvgIpc) is 3.14. The van der Waals surface area contributed by atoms with Crippen LogP contribution in [0, 0.1) is 0 Å². The molecule has 3 aromatic rings. The maximum Gasteiger partial charge on any atom is 0.413 e. The van der Waals surface area contributed by atoms with Gasteiger partial charge >= 0.3 is 6.09 Å². The summed E-state index contributed by atoms with van der Waals surface area (Å²) >= 11 is 12.3. The summed E-state index contributed by atoms with van der Waals surface area (Å²) in [5.41, 5.74) is 2.31. The molecule has 4 rings (SSSR count). The predicted octanol–water partition coefficient (Wildman–Crippen LogP) is 8.09. The molecule has 3 aromatic carbocycles. The molecular weight excluding hydrogens is 495 g/mol. The first kappa shape index (κ1) is 26.1. The van der Waals surface area contributed by atoms with Gasteiger partial charge in [-0.2, -0.15) is 0 Å². The zero-order chi connectivity index (χ0) is 26.3. The highest BCUT2D eigenvalue weighted by Gasteiger charge is 2.51. The lowest BCUT2D eigenvalue weighted by Gasteiger charge is -2.34. The van der Waals surface area contributed by atoms with Gasteiger partial charge in [-0.1, -0.05) is 74.3 Å². The second-order valence-electron chi connectivity index (χ2n) is 10.1. The number of halogens is 2. The van der Waals surface area contributed by atoms with Crippen LogP contribution in [0.2, 0.25) is 10.0 Å². The van der Waals surface area contributed by atoms with Crippen molar-refractivity contribution in [1.29, 1.82) is 0 Å². The molecule has 1 heterocycles. The van der Waals surface area contributed by atoms with Crippen LogP contribution in [0.1, 0.15) is 62.9 Å². The lowest BCUT2D eigenvalue weighted by molar-refractivity contribution is 0.147. The number of hydrogen-bond acceptors (Lipinski definition) is 3. The minimum absolute atomic E-state index is 0.0992. The van der Waals surface area contributed by atoms with Gasteiger partial charge in [0, 0.05) is 10.0 Å². The van der Waals surface area contributed by atoms with E-state index in [1.165, 1.54) is 4.90 Å². The van der Waals surface area contributed by atoms with Gasteiger partial charge in [0.05, 0.1) is 18.2 Å². The molecule has 1 aliphatic rings. The molecule has 7 heteroatoms. The first-order chi connectivity index (χ1) is 17.0. The number of hydrogen-bond donors (Lipinski definition) is 1. The predicted molar refractivity (Wildman–Crippen MR) is 146 cm³/mol. The molecule has 0 radical (unpaired) electrons. The fraction of sp³-hybridized carbons (Fsp3) is 0.310. The Bertz CT molecular complexity index is 1300. The Hall–Kier alpha value is -3.02. The largest absolute Gasteiger partial charge is 0.493 e. The summed E-state index contributed by atoms with van der Waals surface area (Å²) in [4.78, 5) is 19.3. The van der Waals surface area contributed by atoms with Gasteiger partial charge < -0.3 is 9.84 Å². The van der Waals surface area contributed by atoms with Gasteiger partial charge in [0.1, 0.15) is 17.1 Å². The molecule has 0 fully saturated rings. The molecule has 36 heavy (non-hydrogen) atoms. The highest BCUT2D eigenvalue weighted by molar-refractivity contribution is 6.30. The van der Waals surface area contributed by atoms with Gasteiger partial charge in [0.2, 0.25) is 0 Å². The summed E-state index contributed by atoms with van der Waals surface area (Å²) in [5.74, 6) is 0.939. The topological polar surface area (TPSA) is 62.1 Å². The van der Waals surface area contributed by atoms with Crippen LogP contribution in [0.3, 0.4) is 0 Å². The van der Waals surface area contributed by atoms with E-state index < -0.39 is 17.7 Å². The SMILES string of the molecule is CCOc1cc(C(C)(C)C)ccc1C1=N[C@@](C)(c2ccc(Cl)cc2)[C@@H](c2ccc(Cl)cc2)N1C(=O)O. The molecule has 5 nitrogen and oxygen atoms in total. The lowest BCUT2D eigenvalue weighted by Crippen LogP contribution is -2.40. The maximum atomic E-state index is 12.9. The van der Waals surface area contributed by atoms with Crippen molar-refractivity contribution in [2.45, 2.75) is 51.6 Å². The van der Waals surface area contributed by atoms with E-state index in [9.17, 15) is 9.90 Å². The van der Waals surface area contributed by atoms with Crippen molar-refractivity contribution >= 4 is 35.1 Å². The first-order valence-corrected chi connectivity index (χ1v) is 12.6. The highest BCUT2D eigenvalue weighted by Crippen LogP contribution is 2.49. The summed E-state index contributed by atoms with van der Waals surface area (Å²) < 4.78 is 6.02. The third kappa shape index (κ3) is 4.82. The second kappa shape index (κ2) is 9.79.